The van der Waals surface area contributed by atoms with Gasteiger partial charge in [-0.05, 0) is 40.5 Å². The Labute approximate surface area is 112 Å². The number of methoxy groups -OCH3 is 1. The second-order valence-corrected chi connectivity index (χ2v) is 4.91. The number of hydrogen-bond acceptors (Lipinski definition) is 2. The highest BCUT2D eigenvalue weighted by atomic mass is 79.9. The van der Waals surface area contributed by atoms with E-state index in [1.165, 1.54) is 25.7 Å². The lowest BCUT2D eigenvalue weighted by Gasteiger charge is -2.09. The number of ether oxygens (including phenoxy) is 2. The van der Waals surface area contributed by atoms with Crippen LogP contribution in [0.15, 0.2) is 22.7 Å². The third kappa shape index (κ3) is 5.44. The van der Waals surface area contributed by atoms with Gasteiger partial charge in [0.15, 0.2) is 0 Å². The lowest BCUT2D eigenvalue weighted by molar-refractivity contribution is 0.302. The van der Waals surface area contributed by atoms with Crippen LogP contribution in [0.25, 0.3) is 0 Å². The van der Waals surface area contributed by atoms with Crippen LogP contribution in [0, 0.1) is 0 Å². The fraction of sp³-hybridized carbons (Fsp3) is 0.571. The minimum Gasteiger partial charge on any atom is -0.497 e. The molecule has 1 aromatic carbocycles. The average molecular weight is 301 g/mol. The first-order chi connectivity index (χ1) is 8.27. The number of unbranched alkanes of at least 4 members (excludes halogenated alkanes) is 4. The fourth-order valence-corrected chi connectivity index (χ4v) is 2.09. The van der Waals surface area contributed by atoms with Gasteiger partial charge in [-0.15, -0.1) is 0 Å². The van der Waals surface area contributed by atoms with Gasteiger partial charge in [0.25, 0.3) is 0 Å². The van der Waals surface area contributed by atoms with Crippen LogP contribution in [0.4, 0.5) is 0 Å². The zero-order chi connectivity index (χ0) is 12.5. The van der Waals surface area contributed by atoms with E-state index in [0.29, 0.717) is 0 Å². The summed E-state index contributed by atoms with van der Waals surface area (Å²) in [5, 5.41) is 0. The largest absolute Gasteiger partial charge is 0.497 e. The van der Waals surface area contributed by atoms with Gasteiger partial charge in [-0.1, -0.05) is 32.6 Å². The van der Waals surface area contributed by atoms with E-state index in [4.69, 9.17) is 9.47 Å². The summed E-state index contributed by atoms with van der Waals surface area (Å²) >= 11 is 3.48. The molecule has 0 N–H and O–H groups in total. The van der Waals surface area contributed by atoms with Gasteiger partial charge in [-0.25, -0.2) is 0 Å². The van der Waals surface area contributed by atoms with Gasteiger partial charge in [0.1, 0.15) is 11.5 Å². The summed E-state index contributed by atoms with van der Waals surface area (Å²) in [7, 11) is 1.66. The second-order valence-electron chi connectivity index (χ2n) is 4.06. The third-order valence-corrected chi connectivity index (χ3v) is 3.26. The molecule has 0 amide bonds. The van der Waals surface area contributed by atoms with Gasteiger partial charge in [0.2, 0.25) is 0 Å². The van der Waals surface area contributed by atoms with Gasteiger partial charge >= 0.3 is 0 Å². The van der Waals surface area contributed by atoms with Crippen molar-refractivity contribution in [1.29, 1.82) is 0 Å². The van der Waals surface area contributed by atoms with Crippen molar-refractivity contribution in [2.24, 2.45) is 0 Å². The van der Waals surface area contributed by atoms with E-state index in [2.05, 4.69) is 22.9 Å². The van der Waals surface area contributed by atoms with Crippen LogP contribution in [0.5, 0.6) is 11.5 Å². The predicted molar refractivity (Wildman–Crippen MR) is 74.9 cm³/mol. The van der Waals surface area contributed by atoms with Crippen LogP contribution in [-0.4, -0.2) is 13.7 Å². The van der Waals surface area contributed by atoms with E-state index in [9.17, 15) is 0 Å². The normalized spacial score (nSPS) is 10.3. The Kier molecular flexibility index (Phi) is 7.10. The molecular weight excluding hydrogens is 280 g/mol. The van der Waals surface area contributed by atoms with Crippen molar-refractivity contribution in [2.75, 3.05) is 13.7 Å². The van der Waals surface area contributed by atoms with Crippen molar-refractivity contribution < 1.29 is 9.47 Å². The second kappa shape index (κ2) is 8.40. The molecule has 1 aromatic rings. The molecule has 0 bridgehead atoms. The maximum Gasteiger partial charge on any atom is 0.133 e. The molecule has 0 saturated heterocycles. The van der Waals surface area contributed by atoms with Gasteiger partial charge in [-0.3, -0.25) is 0 Å². The highest BCUT2D eigenvalue weighted by Gasteiger charge is 2.02. The molecule has 17 heavy (non-hydrogen) atoms. The van der Waals surface area contributed by atoms with Crippen molar-refractivity contribution in [3.05, 3.63) is 22.7 Å². The Hall–Kier alpha value is -0.700. The van der Waals surface area contributed by atoms with Crippen molar-refractivity contribution in [1.82, 2.24) is 0 Å². The van der Waals surface area contributed by atoms with E-state index in [0.717, 1.165) is 29.0 Å². The highest BCUT2D eigenvalue weighted by Crippen LogP contribution is 2.29. The molecule has 0 aliphatic heterocycles. The quantitative estimate of drug-likeness (QED) is 0.642. The number of halogens is 1. The van der Waals surface area contributed by atoms with E-state index in [-0.39, 0.29) is 0 Å². The maximum atomic E-state index is 5.71. The van der Waals surface area contributed by atoms with Crippen LogP contribution in [0.3, 0.4) is 0 Å². The lowest BCUT2D eigenvalue weighted by Crippen LogP contribution is -1.98. The van der Waals surface area contributed by atoms with Crippen molar-refractivity contribution in [3.8, 4) is 11.5 Å². The Morgan fingerprint density at radius 3 is 2.53 bits per heavy atom. The molecule has 0 aromatic heterocycles. The summed E-state index contributed by atoms with van der Waals surface area (Å²) in [6.45, 7) is 3.01. The van der Waals surface area contributed by atoms with Crippen molar-refractivity contribution in [3.63, 3.8) is 0 Å². The first-order valence-electron chi connectivity index (χ1n) is 6.24. The molecule has 0 atom stereocenters. The van der Waals surface area contributed by atoms with Gasteiger partial charge in [-0.2, -0.15) is 0 Å². The number of hydrogen-bond donors (Lipinski definition) is 0. The first-order valence-corrected chi connectivity index (χ1v) is 7.03. The van der Waals surface area contributed by atoms with Gasteiger partial charge < -0.3 is 9.47 Å². The molecule has 0 aliphatic rings. The summed E-state index contributed by atoms with van der Waals surface area (Å²) in [6.07, 6.45) is 6.29. The van der Waals surface area contributed by atoms with Crippen molar-refractivity contribution in [2.45, 2.75) is 39.0 Å². The molecule has 0 unspecified atom stereocenters. The van der Waals surface area contributed by atoms with Gasteiger partial charge in [0.05, 0.1) is 18.2 Å². The van der Waals surface area contributed by atoms with Crippen molar-refractivity contribution >= 4 is 15.9 Å². The van der Waals surface area contributed by atoms with Crippen LogP contribution < -0.4 is 9.47 Å². The topological polar surface area (TPSA) is 18.5 Å². The molecule has 0 saturated carbocycles. The average Bonchev–Trinajstić information content (AvgIpc) is 2.35. The molecule has 0 radical (unpaired) electrons. The minimum atomic E-state index is 0.786. The molecule has 2 nitrogen and oxygen atoms in total. The summed E-state index contributed by atoms with van der Waals surface area (Å²) in [4.78, 5) is 0. The molecule has 0 fully saturated rings. The zero-order valence-electron chi connectivity index (χ0n) is 10.7. The summed E-state index contributed by atoms with van der Waals surface area (Å²) < 4.78 is 11.8. The monoisotopic (exact) mass is 300 g/mol. The first kappa shape index (κ1) is 14.4. The molecule has 0 aliphatic carbocycles. The molecule has 1 rings (SSSR count). The Morgan fingerprint density at radius 1 is 1.12 bits per heavy atom. The van der Waals surface area contributed by atoms with Gasteiger partial charge in [0, 0.05) is 0 Å². The molecule has 0 spiro atoms. The molecule has 96 valence electrons. The third-order valence-electron chi connectivity index (χ3n) is 2.64. The van der Waals surface area contributed by atoms with E-state index < -0.39 is 0 Å². The van der Waals surface area contributed by atoms with E-state index >= 15 is 0 Å². The summed E-state index contributed by atoms with van der Waals surface area (Å²) in [5.74, 6) is 1.73. The lowest BCUT2D eigenvalue weighted by atomic mass is 10.2. The number of rotatable bonds is 8. The predicted octanol–water partition coefficient (Wildman–Crippen LogP) is 4.81. The number of benzene rings is 1. The maximum absolute atomic E-state index is 5.71. The fourth-order valence-electron chi connectivity index (χ4n) is 1.61. The van der Waals surface area contributed by atoms with Crippen LogP contribution in [-0.2, 0) is 0 Å². The Balaban J connectivity index is 2.27. The standard InChI is InChI=1S/C14H21BrO2/c1-3-4-5-6-7-10-17-14-9-8-12(16-2)11-13(14)15/h8-9,11H,3-7,10H2,1-2H3. The van der Waals surface area contributed by atoms with E-state index in [1.54, 1.807) is 7.11 Å². The SMILES string of the molecule is CCCCCCCOc1ccc(OC)cc1Br. The molecule has 0 heterocycles. The summed E-state index contributed by atoms with van der Waals surface area (Å²) in [5.41, 5.74) is 0. The van der Waals surface area contributed by atoms with E-state index in [1.807, 2.05) is 18.2 Å². The Morgan fingerprint density at radius 2 is 1.88 bits per heavy atom. The Bertz CT molecular complexity index is 326. The molecule has 3 heteroatoms. The minimum absolute atomic E-state index is 0.786. The smallest absolute Gasteiger partial charge is 0.133 e. The molecular formula is C14H21BrO2. The zero-order valence-corrected chi connectivity index (χ0v) is 12.3. The van der Waals surface area contributed by atoms with Crippen LogP contribution >= 0.6 is 15.9 Å². The van der Waals surface area contributed by atoms with Crippen LogP contribution in [0.1, 0.15) is 39.0 Å². The highest BCUT2D eigenvalue weighted by molar-refractivity contribution is 9.10. The summed E-state index contributed by atoms with van der Waals surface area (Å²) in [6, 6.07) is 5.78. The van der Waals surface area contributed by atoms with Crippen LogP contribution in [0.2, 0.25) is 0 Å².